The molecule has 0 saturated heterocycles. The summed E-state index contributed by atoms with van der Waals surface area (Å²) in [7, 11) is 3.35. The van der Waals surface area contributed by atoms with Crippen LogP contribution in [0.5, 0.6) is 11.5 Å². The Kier molecular flexibility index (Phi) is 5.17. The molecule has 0 atom stereocenters. The van der Waals surface area contributed by atoms with Gasteiger partial charge in [0.05, 0.1) is 24.4 Å². The number of aromatic nitrogens is 1. The van der Waals surface area contributed by atoms with Gasteiger partial charge in [0.25, 0.3) is 0 Å². The average molecular weight is 391 g/mol. The van der Waals surface area contributed by atoms with Crippen molar-refractivity contribution in [2.45, 2.75) is 13.5 Å². The standard InChI is InChI=1S/C23H22N2O2S/c1-15-4-10-20-22(12-15)28-23(25-20)16-5-7-18(8-6-16)24-14-17-13-19(26-2)9-11-21(17)27-3/h4-13,24H,14H2,1-3H3. The Morgan fingerprint density at radius 1 is 0.929 bits per heavy atom. The van der Waals surface area contributed by atoms with Gasteiger partial charge in [-0.15, -0.1) is 11.3 Å². The molecule has 1 aromatic heterocycles. The number of ether oxygens (including phenoxy) is 2. The van der Waals surface area contributed by atoms with Gasteiger partial charge in [-0.05, 0) is 67.1 Å². The molecule has 4 nitrogen and oxygen atoms in total. The first-order chi connectivity index (χ1) is 13.7. The van der Waals surface area contributed by atoms with Gasteiger partial charge in [-0.3, -0.25) is 0 Å². The Bertz CT molecular complexity index is 1100. The van der Waals surface area contributed by atoms with E-state index < -0.39 is 0 Å². The molecular formula is C23H22N2O2S. The number of benzene rings is 3. The summed E-state index contributed by atoms with van der Waals surface area (Å²) in [6, 6.07) is 20.6. The van der Waals surface area contributed by atoms with Gasteiger partial charge in [-0.1, -0.05) is 6.07 Å². The van der Waals surface area contributed by atoms with Crippen molar-refractivity contribution in [2.75, 3.05) is 19.5 Å². The molecule has 0 amide bonds. The molecule has 0 aliphatic rings. The predicted molar refractivity (Wildman–Crippen MR) is 117 cm³/mol. The first-order valence-electron chi connectivity index (χ1n) is 9.08. The van der Waals surface area contributed by atoms with Crippen LogP contribution in [-0.4, -0.2) is 19.2 Å². The maximum absolute atomic E-state index is 5.44. The number of nitrogens with zero attached hydrogens (tertiary/aromatic N) is 1. The molecule has 0 saturated carbocycles. The fraction of sp³-hybridized carbons (Fsp3) is 0.174. The quantitative estimate of drug-likeness (QED) is 0.445. The topological polar surface area (TPSA) is 43.4 Å². The third-order valence-electron chi connectivity index (χ3n) is 4.65. The van der Waals surface area contributed by atoms with E-state index in [0.29, 0.717) is 6.54 Å². The molecule has 0 radical (unpaired) electrons. The number of rotatable bonds is 6. The first kappa shape index (κ1) is 18.3. The van der Waals surface area contributed by atoms with Crippen molar-refractivity contribution in [2.24, 2.45) is 0 Å². The average Bonchev–Trinajstić information content (AvgIpc) is 3.15. The van der Waals surface area contributed by atoms with Crippen molar-refractivity contribution >= 4 is 27.2 Å². The minimum absolute atomic E-state index is 0.653. The highest BCUT2D eigenvalue weighted by atomic mass is 32.1. The summed E-state index contributed by atoms with van der Waals surface area (Å²) < 4.78 is 12.0. The van der Waals surface area contributed by atoms with E-state index >= 15 is 0 Å². The van der Waals surface area contributed by atoms with Crippen molar-refractivity contribution in [1.29, 1.82) is 0 Å². The molecule has 1 heterocycles. The van der Waals surface area contributed by atoms with E-state index in [1.165, 1.54) is 10.3 Å². The number of nitrogens with one attached hydrogen (secondary N) is 1. The number of fused-ring (bicyclic) bond motifs is 1. The normalized spacial score (nSPS) is 10.8. The number of methoxy groups -OCH3 is 2. The van der Waals surface area contributed by atoms with Gasteiger partial charge >= 0.3 is 0 Å². The highest BCUT2D eigenvalue weighted by molar-refractivity contribution is 7.21. The summed E-state index contributed by atoms with van der Waals surface area (Å²) in [6.07, 6.45) is 0. The second kappa shape index (κ2) is 7.90. The zero-order valence-corrected chi connectivity index (χ0v) is 17.0. The van der Waals surface area contributed by atoms with E-state index in [1.54, 1.807) is 25.6 Å². The maximum Gasteiger partial charge on any atom is 0.124 e. The lowest BCUT2D eigenvalue weighted by Gasteiger charge is -2.12. The second-order valence-electron chi connectivity index (χ2n) is 6.60. The number of anilines is 1. The van der Waals surface area contributed by atoms with Gasteiger partial charge in [0.2, 0.25) is 0 Å². The summed E-state index contributed by atoms with van der Waals surface area (Å²) in [5.41, 5.74) is 5.54. The number of hydrogen-bond acceptors (Lipinski definition) is 5. The monoisotopic (exact) mass is 390 g/mol. The molecule has 5 heteroatoms. The Balaban J connectivity index is 1.50. The molecule has 0 fully saturated rings. The molecule has 0 bridgehead atoms. The molecular weight excluding hydrogens is 368 g/mol. The largest absolute Gasteiger partial charge is 0.497 e. The molecule has 1 N–H and O–H groups in total. The summed E-state index contributed by atoms with van der Waals surface area (Å²) >= 11 is 1.73. The van der Waals surface area contributed by atoms with E-state index in [4.69, 9.17) is 14.5 Å². The first-order valence-corrected chi connectivity index (χ1v) is 9.90. The van der Waals surface area contributed by atoms with Gasteiger partial charge in [-0.2, -0.15) is 0 Å². The third-order valence-corrected chi connectivity index (χ3v) is 5.71. The lowest BCUT2D eigenvalue weighted by atomic mass is 10.1. The minimum Gasteiger partial charge on any atom is -0.497 e. The van der Waals surface area contributed by atoms with Gasteiger partial charge in [0.1, 0.15) is 16.5 Å². The van der Waals surface area contributed by atoms with E-state index in [9.17, 15) is 0 Å². The van der Waals surface area contributed by atoms with Crippen molar-refractivity contribution in [1.82, 2.24) is 4.98 Å². The lowest BCUT2D eigenvalue weighted by Crippen LogP contribution is -2.02. The van der Waals surface area contributed by atoms with Gasteiger partial charge < -0.3 is 14.8 Å². The summed E-state index contributed by atoms with van der Waals surface area (Å²) in [4.78, 5) is 4.76. The zero-order chi connectivity index (χ0) is 19.5. The smallest absolute Gasteiger partial charge is 0.124 e. The molecule has 142 valence electrons. The minimum atomic E-state index is 0.653. The van der Waals surface area contributed by atoms with E-state index in [1.807, 2.05) is 18.2 Å². The van der Waals surface area contributed by atoms with Crippen LogP contribution in [0.4, 0.5) is 5.69 Å². The Morgan fingerprint density at radius 2 is 1.75 bits per heavy atom. The SMILES string of the molecule is COc1ccc(OC)c(CNc2ccc(-c3nc4ccc(C)cc4s3)cc2)c1. The summed E-state index contributed by atoms with van der Waals surface area (Å²) in [5.74, 6) is 1.66. The third kappa shape index (κ3) is 3.80. The molecule has 0 spiro atoms. The van der Waals surface area contributed by atoms with Crippen LogP contribution in [0, 0.1) is 6.92 Å². The maximum atomic E-state index is 5.44. The van der Waals surface area contributed by atoms with E-state index in [2.05, 4.69) is 54.7 Å². The van der Waals surface area contributed by atoms with Crippen molar-refractivity contribution in [3.8, 4) is 22.1 Å². The highest BCUT2D eigenvalue weighted by Gasteiger charge is 2.08. The van der Waals surface area contributed by atoms with Gasteiger partial charge in [-0.25, -0.2) is 4.98 Å². The van der Waals surface area contributed by atoms with E-state index in [-0.39, 0.29) is 0 Å². The number of thiazole rings is 1. The van der Waals surface area contributed by atoms with Gasteiger partial charge in [0, 0.05) is 23.4 Å². The molecule has 0 aliphatic carbocycles. The Morgan fingerprint density at radius 3 is 2.50 bits per heavy atom. The van der Waals surface area contributed by atoms with Crippen LogP contribution in [-0.2, 0) is 6.54 Å². The second-order valence-corrected chi connectivity index (χ2v) is 7.63. The Hall–Kier alpha value is -3.05. The zero-order valence-electron chi connectivity index (χ0n) is 16.2. The highest BCUT2D eigenvalue weighted by Crippen LogP contribution is 2.31. The lowest BCUT2D eigenvalue weighted by molar-refractivity contribution is 0.399. The predicted octanol–water partition coefficient (Wildman–Crippen LogP) is 5.90. The summed E-state index contributed by atoms with van der Waals surface area (Å²) in [6.45, 7) is 2.76. The van der Waals surface area contributed by atoms with Crippen molar-refractivity contribution in [3.63, 3.8) is 0 Å². The Labute approximate surface area is 168 Å². The number of aryl methyl sites for hydroxylation is 1. The fourth-order valence-corrected chi connectivity index (χ4v) is 4.17. The summed E-state index contributed by atoms with van der Waals surface area (Å²) in [5, 5.41) is 4.49. The molecule has 0 aliphatic heterocycles. The van der Waals surface area contributed by atoms with Crippen LogP contribution in [0.3, 0.4) is 0 Å². The van der Waals surface area contributed by atoms with Crippen molar-refractivity contribution < 1.29 is 9.47 Å². The number of hydrogen-bond donors (Lipinski definition) is 1. The molecule has 4 aromatic rings. The molecule has 28 heavy (non-hydrogen) atoms. The van der Waals surface area contributed by atoms with Crippen LogP contribution in [0.25, 0.3) is 20.8 Å². The van der Waals surface area contributed by atoms with Crippen molar-refractivity contribution in [3.05, 3.63) is 71.8 Å². The van der Waals surface area contributed by atoms with Crippen LogP contribution in [0.2, 0.25) is 0 Å². The van der Waals surface area contributed by atoms with Crippen LogP contribution < -0.4 is 14.8 Å². The van der Waals surface area contributed by atoms with Crippen LogP contribution in [0.1, 0.15) is 11.1 Å². The molecule has 0 unspecified atom stereocenters. The molecule has 3 aromatic carbocycles. The van der Waals surface area contributed by atoms with Crippen LogP contribution in [0.15, 0.2) is 60.7 Å². The van der Waals surface area contributed by atoms with Crippen LogP contribution >= 0.6 is 11.3 Å². The van der Waals surface area contributed by atoms with E-state index in [0.717, 1.165) is 38.8 Å². The fourth-order valence-electron chi connectivity index (χ4n) is 3.10. The molecule has 4 rings (SSSR count). The van der Waals surface area contributed by atoms with Gasteiger partial charge in [0.15, 0.2) is 0 Å².